The van der Waals surface area contributed by atoms with Crippen LogP contribution in [0.5, 0.6) is 5.75 Å². The van der Waals surface area contributed by atoms with Gasteiger partial charge in [-0.1, -0.05) is 0 Å². The summed E-state index contributed by atoms with van der Waals surface area (Å²) in [5.41, 5.74) is 1.98. The van der Waals surface area contributed by atoms with Crippen LogP contribution in [0.1, 0.15) is 12.8 Å². The highest BCUT2D eigenvalue weighted by Gasteiger charge is 2.21. The highest BCUT2D eigenvalue weighted by atomic mass is 16.5. The first-order valence-corrected chi connectivity index (χ1v) is 5.15. The van der Waals surface area contributed by atoms with E-state index in [1.54, 1.807) is 7.11 Å². The summed E-state index contributed by atoms with van der Waals surface area (Å²) in [6.07, 6.45) is 2.50. The maximum atomic E-state index is 5.16. The lowest BCUT2D eigenvalue weighted by atomic mass is 10.3. The van der Waals surface area contributed by atoms with Crippen molar-refractivity contribution < 1.29 is 4.74 Å². The number of aromatic amines is 1. The molecule has 0 atom stereocenters. The molecule has 1 aromatic carbocycles. The van der Waals surface area contributed by atoms with Crippen molar-refractivity contribution in [1.29, 1.82) is 0 Å². The third kappa shape index (κ3) is 1.63. The Labute approximate surface area is 87.7 Å². The number of nitrogens with one attached hydrogen (secondary N) is 2. The molecule has 1 heterocycles. The van der Waals surface area contributed by atoms with Gasteiger partial charge in [0.05, 0.1) is 18.1 Å². The molecule has 0 spiro atoms. The van der Waals surface area contributed by atoms with Crippen LogP contribution >= 0.6 is 0 Å². The molecule has 2 aromatic rings. The van der Waals surface area contributed by atoms with Crippen LogP contribution in [0.3, 0.4) is 0 Å². The second-order valence-electron chi connectivity index (χ2n) is 3.89. The smallest absolute Gasteiger partial charge is 0.201 e. The van der Waals surface area contributed by atoms with E-state index in [-0.39, 0.29) is 0 Å². The molecular formula is C11H13N3O. The average molecular weight is 203 g/mol. The Morgan fingerprint density at radius 2 is 2.33 bits per heavy atom. The second-order valence-corrected chi connectivity index (χ2v) is 3.89. The maximum Gasteiger partial charge on any atom is 0.201 e. The molecule has 1 fully saturated rings. The average Bonchev–Trinajstić information content (AvgIpc) is 2.96. The van der Waals surface area contributed by atoms with Gasteiger partial charge in [0.25, 0.3) is 0 Å². The van der Waals surface area contributed by atoms with Crippen LogP contribution in [-0.2, 0) is 0 Å². The number of imidazole rings is 1. The predicted molar refractivity (Wildman–Crippen MR) is 59.3 cm³/mol. The summed E-state index contributed by atoms with van der Waals surface area (Å²) in [7, 11) is 1.67. The molecule has 0 unspecified atom stereocenters. The van der Waals surface area contributed by atoms with Gasteiger partial charge in [0, 0.05) is 12.1 Å². The molecular weight excluding hydrogens is 190 g/mol. The van der Waals surface area contributed by atoms with Crippen molar-refractivity contribution in [3.8, 4) is 5.75 Å². The third-order valence-corrected chi connectivity index (χ3v) is 2.61. The Balaban J connectivity index is 1.97. The SMILES string of the molecule is COc1ccc2nc(NC3CC3)[nH]c2c1. The molecule has 15 heavy (non-hydrogen) atoms. The van der Waals surface area contributed by atoms with Crippen LogP contribution < -0.4 is 10.1 Å². The van der Waals surface area contributed by atoms with Crippen molar-refractivity contribution in [2.24, 2.45) is 0 Å². The Morgan fingerprint density at radius 3 is 3.07 bits per heavy atom. The van der Waals surface area contributed by atoms with Crippen LogP contribution in [0, 0.1) is 0 Å². The Hall–Kier alpha value is -1.71. The van der Waals surface area contributed by atoms with Crippen molar-refractivity contribution in [3.63, 3.8) is 0 Å². The van der Waals surface area contributed by atoms with Gasteiger partial charge < -0.3 is 15.0 Å². The first-order chi connectivity index (χ1) is 7.35. The Kier molecular flexibility index (Phi) is 1.80. The zero-order valence-electron chi connectivity index (χ0n) is 8.58. The minimum Gasteiger partial charge on any atom is -0.497 e. The Bertz CT molecular complexity index is 488. The standard InChI is InChI=1S/C11H13N3O/c1-15-8-4-5-9-10(6-8)14-11(13-9)12-7-2-3-7/h4-7H,2-3H2,1H3,(H2,12,13,14). The normalized spacial score (nSPS) is 15.5. The molecule has 1 aliphatic carbocycles. The molecule has 0 radical (unpaired) electrons. The van der Waals surface area contributed by atoms with Crippen molar-refractivity contribution in [2.45, 2.75) is 18.9 Å². The fraction of sp³-hybridized carbons (Fsp3) is 0.364. The molecule has 2 N–H and O–H groups in total. The number of rotatable bonds is 3. The number of ether oxygens (including phenoxy) is 1. The molecule has 4 heteroatoms. The zero-order valence-corrected chi connectivity index (χ0v) is 8.58. The summed E-state index contributed by atoms with van der Waals surface area (Å²) in [5, 5.41) is 3.34. The number of nitrogens with zero attached hydrogens (tertiary/aromatic N) is 1. The minimum atomic E-state index is 0.618. The van der Waals surface area contributed by atoms with Crippen molar-refractivity contribution in [3.05, 3.63) is 18.2 Å². The third-order valence-electron chi connectivity index (χ3n) is 2.61. The van der Waals surface area contributed by atoms with Gasteiger partial charge in [-0.05, 0) is 25.0 Å². The second kappa shape index (κ2) is 3.15. The quantitative estimate of drug-likeness (QED) is 0.803. The monoisotopic (exact) mass is 203 g/mol. The maximum absolute atomic E-state index is 5.16. The molecule has 0 saturated heterocycles. The van der Waals surface area contributed by atoms with Gasteiger partial charge in [0.15, 0.2) is 0 Å². The molecule has 1 aliphatic rings. The zero-order chi connectivity index (χ0) is 10.3. The van der Waals surface area contributed by atoms with Crippen LogP contribution in [0.2, 0.25) is 0 Å². The fourth-order valence-electron chi connectivity index (χ4n) is 1.61. The molecule has 0 aliphatic heterocycles. The van der Waals surface area contributed by atoms with Gasteiger partial charge in [-0.3, -0.25) is 0 Å². The summed E-state index contributed by atoms with van der Waals surface area (Å²) in [5.74, 6) is 1.71. The number of hydrogen-bond donors (Lipinski definition) is 2. The lowest BCUT2D eigenvalue weighted by Gasteiger charge is -1.97. The lowest BCUT2D eigenvalue weighted by molar-refractivity contribution is 0.415. The number of benzene rings is 1. The van der Waals surface area contributed by atoms with Crippen LogP contribution in [0.4, 0.5) is 5.95 Å². The molecule has 78 valence electrons. The first kappa shape index (κ1) is 8.59. The van der Waals surface area contributed by atoms with E-state index in [0.29, 0.717) is 6.04 Å². The van der Waals surface area contributed by atoms with Crippen molar-refractivity contribution >= 4 is 17.0 Å². The molecule has 0 bridgehead atoms. The summed E-state index contributed by atoms with van der Waals surface area (Å²) >= 11 is 0. The number of anilines is 1. The topological polar surface area (TPSA) is 49.9 Å². The highest BCUT2D eigenvalue weighted by Crippen LogP contribution is 2.25. The minimum absolute atomic E-state index is 0.618. The van der Waals surface area contributed by atoms with Gasteiger partial charge in [-0.15, -0.1) is 0 Å². The predicted octanol–water partition coefficient (Wildman–Crippen LogP) is 2.15. The van der Waals surface area contributed by atoms with E-state index in [2.05, 4.69) is 15.3 Å². The number of fused-ring (bicyclic) bond motifs is 1. The van der Waals surface area contributed by atoms with Crippen molar-refractivity contribution in [1.82, 2.24) is 9.97 Å². The van der Waals surface area contributed by atoms with Gasteiger partial charge in [0.1, 0.15) is 5.75 Å². The van der Waals surface area contributed by atoms with E-state index >= 15 is 0 Å². The van der Waals surface area contributed by atoms with E-state index in [1.807, 2.05) is 18.2 Å². The van der Waals surface area contributed by atoms with E-state index in [0.717, 1.165) is 22.7 Å². The first-order valence-electron chi connectivity index (χ1n) is 5.15. The summed E-state index contributed by atoms with van der Waals surface area (Å²) < 4.78 is 5.16. The van der Waals surface area contributed by atoms with E-state index < -0.39 is 0 Å². The highest BCUT2D eigenvalue weighted by molar-refractivity contribution is 5.79. The number of H-pyrrole nitrogens is 1. The number of hydrogen-bond acceptors (Lipinski definition) is 3. The fourth-order valence-corrected chi connectivity index (χ4v) is 1.61. The van der Waals surface area contributed by atoms with Gasteiger partial charge >= 0.3 is 0 Å². The number of aromatic nitrogens is 2. The van der Waals surface area contributed by atoms with Crippen molar-refractivity contribution in [2.75, 3.05) is 12.4 Å². The molecule has 3 rings (SSSR count). The van der Waals surface area contributed by atoms with Crippen LogP contribution in [-0.4, -0.2) is 23.1 Å². The van der Waals surface area contributed by atoms with Gasteiger partial charge in [-0.2, -0.15) is 0 Å². The molecule has 4 nitrogen and oxygen atoms in total. The van der Waals surface area contributed by atoms with E-state index in [9.17, 15) is 0 Å². The van der Waals surface area contributed by atoms with Crippen LogP contribution in [0.15, 0.2) is 18.2 Å². The van der Waals surface area contributed by atoms with E-state index in [4.69, 9.17) is 4.74 Å². The van der Waals surface area contributed by atoms with Gasteiger partial charge in [0.2, 0.25) is 5.95 Å². The summed E-state index contributed by atoms with van der Waals surface area (Å²) in [6.45, 7) is 0. The van der Waals surface area contributed by atoms with Crippen LogP contribution in [0.25, 0.3) is 11.0 Å². The summed E-state index contributed by atoms with van der Waals surface area (Å²) in [4.78, 5) is 7.69. The summed E-state index contributed by atoms with van der Waals surface area (Å²) in [6, 6.07) is 6.46. The molecule has 1 aromatic heterocycles. The largest absolute Gasteiger partial charge is 0.497 e. The van der Waals surface area contributed by atoms with Gasteiger partial charge in [-0.25, -0.2) is 4.98 Å². The lowest BCUT2D eigenvalue weighted by Crippen LogP contribution is -2.01. The number of methoxy groups -OCH3 is 1. The molecule has 1 saturated carbocycles. The molecule has 0 amide bonds. The van der Waals surface area contributed by atoms with E-state index in [1.165, 1.54) is 12.8 Å². The Morgan fingerprint density at radius 1 is 1.47 bits per heavy atom.